The quantitative estimate of drug-likeness (QED) is 0.0975. The molecule has 35 heavy (non-hydrogen) atoms. The molecule has 0 N–H and O–H groups in total. The van der Waals surface area contributed by atoms with E-state index in [1.165, 1.54) is 0 Å². The summed E-state index contributed by atoms with van der Waals surface area (Å²) in [7, 11) is 0. The Morgan fingerprint density at radius 2 is 0.857 bits per heavy atom. The van der Waals surface area contributed by atoms with Crippen molar-refractivity contribution < 1.29 is 23.6 Å². The first-order chi connectivity index (χ1) is 16.5. The first-order valence-electron chi connectivity index (χ1n) is 14.1. The molecule has 0 heterocycles. The monoisotopic (exact) mass is 606 g/mol. The Bertz CT molecular complexity index is 514. The molecular weight excluding hydrogens is 551 g/mol. The number of hydrogen-bond acceptors (Lipinski definition) is 6. The van der Waals surface area contributed by atoms with Crippen molar-refractivity contribution in [2.45, 2.75) is 143 Å². The predicted octanol–water partition coefficient (Wildman–Crippen LogP) is 8.00. The van der Waals surface area contributed by atoms with Crippen LogP contribution in [0.4, 0.5) is 0 Å². The van der Waals surface area contributed by atoms with Gasteiger partial charge in [0.2, 0.25) is 0 Å². The molecule has 0 aliphatic rings. The summed E-state index contributed by atoms with van der Waals surface area (Å²) in [4.78, 5) is 38.2. The Balaban J connectivity index is 5.26. The summed E-state index contributed by atoms with van der Waals surface area (Å²) in [6.07, 6.45) is 10.4. The molecule has 0 aromatic carbocycles. The number of carbonyl (C=O) groups excluding carboxylic acids is 3. The van der Waals surface area contributed by atoms with Crippen LogP contribution in [0, 0.1) is 17.8 Å². The van der Waals surface area contributed by atoms with E-state index in [4.69, 9.17) is 9.22 Å². The molecular formula is C28H54O6Sn. The first kappa shape index (κ1) is 34.2. The summed E-state index contributed by atoms with van der Waals surface area (Å²) >= 11 is -4.74. The molecule has 0 amide bonds. The van der Waals surface area contributed by atoms with Crippen molar-refractivity contribution in [1.82, 2.24) is 0 Å². The van der Waals surface area contributed by atoms with E-state index in [0.29, 0.717) is 28.6 Å². The maximum absolute atomic E-state index is 12.7. The van der Waals surface area contributed by atoms with Crippen molar-refractivity contribution >= 4 is 37.5 Å². The van der Waals surface area contributed by atoms with Crippen LogP contribution in [0.15, 0.2) is 0 Å². The first-order valence-corrected chi connectivity index (χ1v) is 19.7. The van der Waals surface area contributed by atoms with Crippen molar-refractivity contribution in [3.05, 3.63) is 0 Å². The molecule has 0 atom stereocenters. The van der Waals surface area contributed by atoms with Crippen LogP contribution in [-0.2, 0) is 23.6 Å². The number of hydrogen-bond donors (Lipinski definition) is 0. The summed E-state index contributed by atoms with van der Waals surface area (Å²) in [5.74, 6) is 0.550. The second-order valence-electron chi connectivity index (χ2n) is 11.1. The molecule has 7 heteroatoms. The van der Waals surface area contributed by atoms with Crippen LogP contribution in [0.5, 0.6) is 0 Å². The van der Waals surface area contributed by atoms with E-state index in [0.717, 1.165) is 64.2 Å². The average molecular weight is 605 g/mol. The SMILES string of the molecule is CCC[CH2][Sn]([O]C(=O)CCCCC(C)C)([O]C(=O)CCCCC(C)C)[O]C(=O)CCCCC(C)C. The maximum atomic E-state index is 12.7. The van der Waals surface area contributed by atoms with Crippen molar-refractivity contribution in [2.24, 2.45) is 17.8 Å². The molecule has 0 unspecified atom stereocenters. The summed E-state index contributed by atoms with van der Waals surface area (Å²) in [5, 5.41) is 0. The van der Waals surface area contributed by atoms with Crippen molar-refractivity contribution in [1.29, 1.82) is 0 Å². The molecule has 0 bridgehead atoms. The number of carbonyl (C=O) groups is 3. The van der Waals surface area contributed by atoms with E-state index in [1.54, 1.807) is 0 Å². The molecule has 0 spiro atoms. The Labute approximate surface area is 221 Å². The minimum absolute atomic E-state index is 0.259. The fourth-order valence-electron chi connectivity index (χ4n) is 3.75. The zero-order valence-corrected chi connectivity index (χ0v) is 26.6. The van der Waals surface area contributed by atoms with Crippen LogP contribution in [0.25, 0.3) is 0 Å². The van der Waals surface area contributed by atoms with Gasteiger partial charge in [-0.25, -0.2) is 0 Å². The van der Waals surface area contributed by atoms with Gasteiger partial charge >= 0.3 is 222 Å². The van der Waals surface area contributed by atoms with Gasteiger partial charge in [0.25, 0.3) is 0 Å². The topological polar surface area (TPSA) is 78.9 Å². The standard InChI is InChI=1S/3C8H16O2.C4H9.Sn/c3*1-7(2)5-3-4-6-8(9)10;1-3-4-2;/h3*7H,3-6H2,1-2H3,(H,9,10);1,3-4H2,2H3;/q;;;;+3/p-3. The number of rotatable bonds is 21. The van der Waals surface area contributed by atoms with Crippen LogP contribution < -0.4 is 0 Å². The van der Waals surface area contributed by atoms with Gasteiger partial charge in [-0.15, -0.1) is 0 Å². The van der Waals surface area contributed by atoms with Crippen LogP contribution >= 0.6 is 0 Å². The zero-order chi connectivity index (χ0) is 26.7. The van der Waals surface area contributed by atoms with Gasteiger partial charge in [0.1, 0.15) is 0 Å². The third kappa shape index (κ3) is 20.0. The Kier molecular flexibility index (Phi) is 19.8. The second kappa shape index (κ2) is 20.3. The van der Waals surface area contributed by atoms with Crippen molar-refractivity contribution in [3.8, 4) is 0 Å². The van der Waals surface area contributed by atoms with Crippen molar-refractivity contribution in [3.63, 3.8) is 0 Å². The zero-order valence-electron chi connectivity index (χ0n) is 23.8. The third-order valence-corrected chi connectivity index (χ3v) is 13.3. The molecule has 0 rings (SSSR count). The molecule has 206 valence electrons. The molecule has 0 aliphatic heterocycles. The van der Waals surface area contributed by atoms with Gasteiger partial charge < -0.3 is 0 Å². The molecule has 0 radical (unpaired) electrons. The molecule has 6 nitrogen and oxygen atoms in total. The summed E-state index contributed by atoms with van der Waals surface area (Å²) in [6.45, 7) is 15.0. The van der Waals surface area contributed by atoms with Gasteiger partial charge in [-0.1, -0.05) is 0 Å². The molecule has 0 fully saturated rings. The fraction of sp³-hybridized carbons (Fsp3) is 0.893. The van der Waals surface area contributed by atoms with E-state index in [1.807, 2.05) is 6.92 Å². The Hall–Kier alpha value is -0.791. The number of unbranched alkanes of at least 4 members (excludes halogenated alkanes) is 4. The van der Waals surface area contributed by atoms with E-state index in [-0.39, 0.29) is 19.3 Å². The molecule has 0 saturated carbocycles. The van der Waals surface area contributed by atoms with E-state index in [2.05, 4.69) is 41.5 Å². The molecule has 0 saturated heterocycles. The van der Waals surface area contributed by atoms with Gasteiger partial charge in [-0.3, -0.25) is 0 Å². The van der Waals surface area contributed by atoms with Gasteiger partial charge in [0.15, 0.2) is 0 Å². The molecule has 0 aromatic rings. The summed E-state index contributed by atoms with van der Waals surface area (Å²) in [6, 6.07) is 0. The summed E-state index contributed by atoms with van der Waals surface area (Å²) in [5.41, 5.74) is 0. The molecule has 0 aliphatic carbocycles. The van der Waals surface area contributed by atoms with Crippen LogP contribution in [-0.4, -0.2) is 37.5 Å². The van der Waals surface area contributed by atoms with Gasteiger partial charge in [0.05, 0.1) is 0 Å². The average Bonchev–Trinajstić information content (AvgIpc) is 2.75. The van der Waals surface area contributed by atoms with Crippen LogP contribution in [0.2, 0.25) is 4.44 Å². The fourth-order valence-corrected chi connectivity index (χ4v) is 11.1. The normalized spacial score (nSPS) is 11.8. The van der Waals surface area contributed by atoms with E-state index in [9.17, 15) is 14.4 Å². The van der Waals surface area contributed by atoms with Crippen LogP contribution in [0.1, 0.15) is 138 Å². The molecule has 0 aromatic heterocycles. The van der Waals surface area contributed by atoms with Gasteiger partial charge in [-0.2, -0.15) is 0 Å². The second-order valence-corrected chi connectivity index (χ2v) is 18.2. The van der Waals surface area contributed by atoms with Crippen LogP contribution in [0.3, 0.4) is 0 Å². The predicted molar refractivity (Wildman–Crippen MR) is 144 cm³/mol. The Morgan fingerprint density at radius 3 is 1.11 bits per heavy atom. The van der Waals surface area contributed by atoms with Crippen molar-refractivity contribution in [2.75, 3.05) is 0 Å². The van der Waals surface area contributed by atoms with Gasteiger partial charge in [-0.05, 0) is 0 Å². The van der Waals surface area contributed by atoms with Gasteiger partial charge in [0, 0.05) is 0 Å². The minimum atomic E-state index is -4.74. The van der Waals surface area contributed by atoms with E-state index < -0.39 is 37.5 Å². The van der Waals surface area contributed by atoms with E-state index >= 15 is 0 Å². The Morgan fingerprint density at radius 1 is 0.543 bits per heavy atom. The third-order valence-electron chi connectivity index (χ3n) is 5.88. The summed E-state index contributed by atoms with van der Waals surface area (Å²) < 4.78 is 17.9.